The molecule has 2 N–H and O–H groups in total. The summed E-state index contributed by atoms with van der Waals surface area (Å²) in [5, 5.41) is 2.94. The summed E-state index contributed by atoms with van der Waals surface area (Å²) < 4.78 is 2.46. The summed E-state index contributed by atoms with van der Waals surface area (Å²) in [4.78, 5) is 19.1. The first-order chi connectivity index (χ1) is 9.11. The quantitative estimate of drug-likeness (QED) is 0.826. The standard InChI is InChI=1S/C13H18N4OS/c1-3-9(2)15-11(18)6-8-17-12-10(16-13(17)19)5-4-7-14-12/h4-5,7,9H,3,6,8H2,1-2H3,(H,15,18)(H,16,19). The van der Waals surface area contributed by atoms with Gasteiger partial charge in [-0.3, -0.25) is 4.79 Å². The van der Waals surface area contributed by atoms with Crippen LogP contribution >= 0.6 is 12.2 Å². The zero-order valence-corrected chi connectivity index (χ0v) is 12.0. The van der Waals surface area contributed by atoms with E-state index in [0.29, 0.717) is 17.7 Å². The molecule has 0 aliphatic rings. The smallest absolute Gasteiger partial charge is 0.222 e. The molecule has 5 nitrogen and oxygen atoms in total. The molecular weight excluding hydrogens is 260 g/mol. The molecule has 1 unspecified atom stereocenters. The van der Waals surface area contributed by atoms with E-state index in [-0.39, 0.29) is 11.9 Å². The van der Waals surface area contributed by atoms with Crippen molar-refractivity contribution in [1.82, 2.24) is 19.9 Å². The molecule has 0 aromatic carbocycles. The second-order valence-corrected chi connectivity index (χ2v) is 4.97. The number of rotatable bonds is 5. The highest BCUT2D eigenvalue weighted by Crippen LogP contribution is 2.11. The van der Waals surface area contributed by atoms with Gasteiger partial charge in [0.05, 0.1) is 5.52 Å². The van der Waals surface area contributed by atoms with E-state index in [4.69, 9.17) is 12.2 Å². The Balaban J connectivity index is 2.08. The van der Waals surface area contributed by atoms with Crippen LogP contribution in [0, 0.1) is 4.77 Å². The fourth-order valence-electron chi connectivity index (χ4n) is 1.86. The van der Waals surface area contributed by atoms with E-state index in [9.17, 15) is 4.79 Å². The predicted octanol–water partition coefficient (Wildman–Crippen LogP) is 2.40. The van der Waals surface area contributed by atoms with E-state index < -0.39 is 0 Å². The van der Waals surface area contributed by atoms with E-state index in [1.807, 2.05) is 30.5 Å². The number of hydrogen-bond acceptors (Lipinski definition) is 3. The number of hydrogen-bond donors (Lipinski definition) is 2. The number of aromatic nitrogens is 3. The van der Waals surface area contributed by atoms with Crippen molar-refractivity contribution in [3.63, 3.8) is 0 Å². The third-order valence-electron chi connectivity index (χ3n) is 3.11. The van der Waals surface area contributed by atoms with Crippen molar-refractivity contribution >= 4 is 29.3 Å². The Labute approximate surface area is 117 Å². The van der Waals surface area contributed by atoms with Crippen molar-refractivity contribution < 1.29 is 4.79 Å². The molecule has 1 amide bonds. The number of fused-ring (bicyclic) bond motifs is 1. The number of nitrogens with one attached hydrogen (secondary N) is 2. The second kappa shape index (κ2) is 5.97. The molecule has 2 aromatic rings. The number of amides is 1. The van der Waals surface area contributed by atoms with Crippen molar-refractivity contribution in [2.24, 2.45) is 0 Å². The number of aryl methyl sites for hydroxylation is 1. The highest BCUT2D eigenvalue weighted by molar-refractivity contribution is 7.71. The molecule has 2 rings (SSSR count). The highest BCUT2D eigenvalue weighted by Gasteiger charge is 2.09. The molecule has 6 heteroatoms. The average Bonchev–Trinajstić information content (AvgIpc) is 2.71. The molecule has 0 fully saturated rings. The maximum atomic E-state index is 11.8. The summed E-state index contributed by atoms with van der Waals surface area (Å²) in [5.41, 5.74) is 1.69. The fraction of sp³-hybridized carbons (Fsp3) is 0.462. The second-order valence-electron chi connectivity index (χ2n) is 4.58. The maximum Gasteiger partial charge on any atom is 0.222 e. The van der Waals surface area contributed by atoms with E-state index >= 15 is 0 Å². The van der Waals surface area contributed by atoms with Crippen LogP contribution in [0.3, 0.4) is 0 Å². The fourth-order valence-corrected chi connectivity index (χ4v) is 2.15. The molecule has 2 heterocycles. The van der Waals surface area contributed by atoms with Crippen LogP contribution in [0.25, 0.3) is 11.2 Å². The Morgan fingerprint density at radius 2 is 2.42 bits per heavy atom. The Morgan fingerprint density at radius 3 is 3.16 bits per heavy atom. The van der Waals surface area contributed by atoms with Gasteiger partial charge in [-0.15, -0.1) is 0 Å². The molecule has 0 saturated carbocycles. The molecule has 0 radical (unpaired) electrons. The van der Waals surface area contributed by atoms with Crippen LogP contribution in [-0.2, 0) is 11.3 Å². The monoisotopic (exact) mass is 278 g/mol. The summed E-state index contributed by atoms with van der Waals surface area (Å²) in [6, 6.07) is 3.99. The molecule has 0 spiro atoms. The largest absolute Gasteiger partial charge is 0.354 e. The van der Waals surface area contributed by atoms with Gasteiger partial charge in [-0.1, -0.05) is 6.92 Å². The van der Waals surface area contributed by atoms with Gasteiger partial charge in [0.15, 0.2) is 10.4 Å². The summed E-state index contributed by atoms with van der Waals surface area (Å²) >= 11 is 5.25. The van der Waals surface area contributed by atoms with E-state index in [1.165, 1.54) is 0 Å². The first kappa shape index (κ1) is 13.7. The zero-order chi connectivity index (χ0) is 13.8. The number of carbonyl (C=O) groups excluding carboxylic acids is 1. The first-order valence-corrected chi connectivity index (χ1v) is 6.85. The minimum Gasteiger partial charge on any atom is -0.354 e. The summed E-state index contributed by atoms with van der Waals surface area (Å²) in [6.07, 6.45) is 3.06. The van der Waals surface area contributed by atoms with Crippen LogP contribution in [0.15, 0.2) is 18.3 Å². The molecule has 102 valence electrons. The lowest BCUT2D eigenvalue weighted by Gasteiger charge is -2.11. The maximum absolute atomic E-state index is 11.8. The van der Waals surface area contributed by atoms with Gasteiger partial charge in [-0.2, -0.15) is 0 Å². The molecule has 2 aromatic heterocycles. The van der Waals surface area contributed by atoms with Gasteiger partial charge in [0.1, 0.15) is 0 Å². The molecule has 0 bridgehead atoms. The van der Waals surface area contributed by atoms with Crippen molar-refractivity contribution in [2.45, 2.75) is 39.3 Å². The summed E-state index contributed by atoms with van der Waals surface area (Å²) in [5.74, 6) is 0.0431. The van der Waals surface area contributed by atoms with Gasteiger partial charge in [0, 0.05) is 25.2 Å². The Kier molecular flexibility index (Phi) is 4.31. The number of nitrogens with zero attached hydrogens (tertiary/aromatic N) is 2. The topological polar surface area (TPSA) is 62.7 Å². The number of imidazole rings is 1. The molecule has 0 saturated heterocycles. The van der Waals surface area contributed by atoms with Crippen LogP contribution < -0.4 is 5.32 Å². The van der Waals surface area contributed by atoms with E-state index in [2.05, 4.69) is 15.3 Å². The lowest BCUT2D eigenvalue weighted by molar-refractivity contribution is -0.121. The van der Waals surface area contributed by atoms with Gasteiger partial charge in [-0.05, 0) is 37.7 Å². The van der Waals surface area contributed by atoms with Gasteiger partial charge in [0.25, 0.3) is 0 Å². The minimum absolute atomic E-state index is 0.0431. The SMILES string of the molecule is CCC(C)NC(=O)CCn1c(=S)[nH]c2cccnc21. The third kappa shape index (κ3) is 3.20. The van der Waals surface area contributed by atoms with Gasteiger partial charge < -0.3 is 14.9 Å². The Hall–Kier alpha value is -1.69. The van der Waals surface area contributed by atoms with Crippen molar-refractivity contribution in [3.8, 4) is 0 Å². The van der Waals surface area contributed by atoms with E-state index in [0.717, 1.165) is 17.6 Å². The first-order valence-electron chi connectivity index (χ1n) is 6.44. The molecule has 1 atom stereocenters. The zero-order valence-electron chi connectivity index (χ0n) is 11.1. The summed E-state index contributed by atoms with van der Waals surface area (Å²) in [7, 11) is 0. The van der Waals surface area contributed by atoms with Gasteiger partial charge in [0.2, 0.25) is 5.91 Å². The predicted molar refractivity (Wildman–Crippen MR) is 77.4 cm³/mol. The number of aromatic amines is 1. The van der Waals surface area contributed by atoms with Crippen LogP contribution in [0.2, 0.25) is 0 Å². The van der Waals surface area contributed by atoms with Crippen LogP contribution in [0.5, 0.6) is 0 Å². The van der Waals surface area contributed by atoms with Crippen LogP contribution in [0.1, 0.15) is 26.7 Å². The van der Waals surface area contributed by atoms with Crippen LogP contribution in [-0.4, -0.2) is 26.5 Å². The summed E-state index contributed by atoms with van der Waals surface area (Å²) in [6.45, 7) is 4.58. The highest BCUT2D eigenvalue weighted by atomic mass is 32.1. The normalized spacial score (nSPS) is 12.5. The minimum atomic E-state index is 0.0431. The number of pyridine rings is 1. The average molecular weight is 278 g/mol. The van der Waals surface area contributed by atoms with Crippen LogP contribution in [0.4, 0.5) is 0 Å². The molecular formula is C13H18N4OS. The lowest BCUT2D eigenvalue weighted by Crippen LogP contribution is -2.32. The van der Waals surface area contributed by atoms with Crippen molar-refractivity contribution in [2.75, 3.05) is 0 Å². The van der Waals surface area contributed by atoms with Gasteiger partial charge >= 0.3 is 0 Å². The Morgan fingerprint density at radius 1 is 1.63 bits per heavy atom. The van der Waals surface area contributed by atoms with Gasteiger partial charge in [-0.25, -0.2) is 4.98 Å². The van der Waals surface area contributed by atoms with Crippen molar-refractivity contribution in [1.29, 1.82) is 0 Å². The molecule has 0 aliphatic heterocycles. The third-order valence-corrected chi connectivity index (χ3v) is 3.43. The number of H-pyrrole nitrogens is 1. The number of carbonyl (C=O) groups is 1. The van der Waals surface area contributed by atoms with Crippen molar-refractivity contribution in [3.05, 3.63) is 23.1 Å². The van der Waals surface area contributed by atoms with E-state index in [1.54, 1.807) is 6.20 Å². The Bertz CT molecular complexity index is 631. The molecule has 19 heavy (non-hydrogen) atoms. The lowest BCUT2D eigenvalue weighted by atomic mass is 10.2. The molecule has 0 aliphatic carbocycles.